The van der Waals surface area contributed by atoms with Crippen molar-refractivity contribution in [1.82, 2.24) is 14.8 Å². The van der Waals surface area contributed by atoms with Gasteiger partial charge in [0.1, 0.15) is 17.1 Å². The Balaban J connectivity index is 1.60. The Morgan fingerprint density at radius 1 is 0.957 bits per heavy atom. The standard InChI is InChI=1S/C32H28F3N3O7S/c1-16-36-29(18-7-9-25-26(12-18)45-32(34,35)44-25)30(43-16)21-10-17(19-11-23(33)22(15-39)27(13-19)46(5,41)42)6-8-20(21)24-14-28(31(2,3)40)37-38(24)4/h6-14,39-40H,15H2,1-5H3. The number of benzene rings is 3. The molecule has 240 valence electrons. The van der Waals surface area contributed by atoms with Gasteiger partial charge in [0, 0.05) is 42.5 Å². The number of nitrogens with zero attached hydrogens (tertiary/aromatic N) is 3. The number of oxazole rings is 1. The first-order chi connectivity index (χ1) is 21.4. The summed E-state index contributed by atoms with van der Waals surface area (Å²) in [4.78, 5) is 4.17. The number of aliphatic hydroxyl groups excluding tert-OH is 1. The molecule has 14 heteroatoms. The van der Waals surface area contributed by atoms with Crippen LogP contribution in [0.4, 0.5) is 13.2 Å². The summed E-state index contributed by atoms with van der Waals surface area (Å²) >= 11 is 0. The molecule has 1 aliphatic rings. The molecule has 10 nitrogen and oxygen atoms in total. The highest BCUT2D eigenvalue weighted by molar-refractivity contribution is 7.90. The summed E-state index contributed by atoms with van der Waals surface area (Å²) in [5.74, 6) is -0.800. The maximum absolute atomic E-state index is 15.2. The zero-order valence-electron chi connectivity index (χ0n) is 25.2. The number of hydrogen-bond donors (Lipinski definition) is 2. The first kappa shape index (κ1) is 31.3. The molecule has 3 heterocycles. The summed E-state index contributed by atoms with van der Waals surface area (Å²) < 4.78 is 84.6. The van der Waals surface area contributed by atoms with Crippen molar-refractivity contribution in [3.8, 4) is 56.5 Å². The Morgan fingerprint density at radius 3 is 2.30 bits per heavy atom. The third kappa shape index (κ3) is 5.63. The van der Waals surface area contributed by atoms with Gasteiger partial charge in [0.25, 0.3) is 0 Å². The minimum atomic E-state index is -3.92. The zero-order chi connectivity index (χ0) is 33.3. The Labute approximate surface area is 261 Å². The van der Waals surface area contributed by atoms with Crippen molar-refractivity contribution < 1.29 is 45.7 Å². The van der Waals surface area contributed by atoms with Gasteiger partial charge in [0.15, 0.2) is 33.0 Å². The van der Waals surface area contributed by atoms with Crippen LogP contribution in [0.2, 0.25) is 0 Å². The Bertz CT molecular complexity index is 2130. The summed E-state index contributed by atoms with van der Waals surface area (Å²) in [6.07, 6.45) is -2.90. The smallest absolute Gasteiger partial charge is 0.440 e. The molecule has 5 aromatic rings. The fourth-order valence-electron chi connectivity index (χ4n) is 5.32. The molecule has 0 atom stereocenters. The molecular weight excluding hydrogens is 627 g/mol. The molecule has 6 rings (SSSR count). The number of ether oxygens (including phenoxy) is 2. The predicted octanol–water partition coefficient (Wildman–Crippen LogP) is 5.97. The van der Waals surface area contributed by atoms with Crippen LogP contribution in [0.15, 0.2) is 63.9 Å². The van der Waals surface area contributed by atoms with Crippen LogP contribution in [0.5, 0.6) is 11.5 Å². The van der Waals surface area contributed by atoms with Gasteiger partial charge in [0.05, 0.1) is 22.9 Å². The largest absolute Gasteiger partial charge is 0.586 e. The molecule has 3 aromatic carbocycles. The van der Waals surface area contributed by atoms with Gasteiger partial charge in [-0.3, -0.25) is 4.68 Å². The molecule has 0 aliphatic carbocycles. The van der Waals surface area contributed by atoms with Crippen molar-refractivity contribution in [1.29, 1.82) is 0 Å². The van der Waals surface area contributed by atoms with Crippen LogP contribution >= 0.6 is 0 Å². The maximum atomic E-state index is 15.2. The van der Waals surface area contributed by atoms with Crippen molar-refractivity contribution in [2.24, 2.45) is 7.05 Å². The molecule has 0 fully saturated rings. The molecule has 0 saturated carbocycles. The number of aryl methyl sites for hydroxylation is 2. The third-order valence-electron chi connectivity index (χ3n) is 7.50. The number of hydrogen-bond acceptors (Lipinski definition) is 9. The van der Waals surface area contributed by atoms with E-state index < -0.39 is 34.2 Å². The maximum Gasteiger partial charge on any atom is 0.586 e. The lowest BCUT2D eigenvalue weighted by Crippen LogP contribution is -2.25. The average molecular weight is 656 g/mol. The molecule has 1 aliphatic heterocycles. The zero-order valence-corrected chi connectivity index (χ0v) is 26.0. The monoisotopic (exact) mass is 655 g/mol. The fraction of sp³-hybridized carbons (Fsp3) is 0.250. The van der Waals surface area contributed by atoms with Crippen LogP contribution in [0.1, 0.15) is 31.0 Å². The number of sulfone groups is 1. The molecular formula is C32H28F3N3O7S. The minimum Gasteiger partial charge on any atom is -0.440 e. The molecule has 2 aromatic heterocycles. The van der Waals surface area contributed by atoms with Crippen LogP contribution in [-0.2, 0) is 29.1 Å². The highest BCUT2D eigenvalue weighted by Crippen LogP contribution is 2.46. The average Bonchev–Trinajstić information content (AvgIpc) is 3.64. The van der Waals surface area contributed by atoms with Crippen molar-refractivity contribution in [2.45, 2.75) is 44.2 Å². The molecule has 0 radical (unpaired) electrons. The van der Waals surface area contributed by atoms with E-state index in [0.29, 0.717) is 33.6 Å². The normalized spacial score (nSPS) is 14.2. The summed E-state index contributed by atoms with van der Waals surface area (Å²) in [7, 11) is -2.23. The summed E-state index contributed by atoms with van der Waals surface area (Å²) in [6.45, 7) is 3.97. The van der Waals surface area contributed by atoms with Crippen LogP contribution in [0.25, 0.3) is 45.0 Å². The van der Waals surface area contributed by atoms with E-state index in [1.165, 1.54) is 24.3 Å². The van der Waals surface area contributed by atoms with Gasteiger partial charge in [-0.05, 0) is 67.4 Å². The lowest BCUT2D eigenvalue weighted by molar-refractivity contribution is -0.286. The first-order valence-electron chi connectivity index (χ1n) is 13.9. The van der Waals surface area contributed by atoms with Crippen LogP contribution in [0.3, 0.4) is 0 Å². The van der Waals surface area contributed by atoms with Gasteiger partial charge in [0.2, 0.25) is 0 Å². The van der Waals surface area contributed by atoms with E-state index in [2.05, 4.69) is 19.6 Å². The van der Waals surface area contributed by atoms with Gasteiger partial charge in [-0.1, -0.05) is 12.1 Å². The van der Waals surface area contributed by atoms with Gasteiger partial charge in [-0.15, -0.1) is 8.78 Å². The number of rotatable bonds is 7. The number of fused-ring (bicyclic) bond motifs is 1. The summed E-state index contributed by atoms with van der Waals surface area (Å²) in [6, 6.07) is 13.3. The molecule has 46 heavy (non-hydrogen) atoms. The third-order valence-corrected chi connectivity index (χ3v) is 8.66. The first-order valence-corrected chi connectivity index (χ1v) is 15.8. The molecule has 0 spiro atoms. The van der Waals surface area contributed by atoms with Crippen LogP contribution in [0, 0.1) is 12.7 Å². The Kier molecular flexibility index (Phi) is 7.30. The van der Waals surface area contributed by atoms with E-state index in [9.17, 15) is 27.4 Å². The van der Waals surface area contributed by atoms with Gasteiger partial charge in [-0.2, -0.15) is 5.10 Å². The quantitative estimate of drug-likeness (QED) is 0.217. The van der Waals surface area contributed by atoms with E-state index in [4.69, 9.17) is 4.42 Å². The second-order valence-electron chi connectivity index (χ2n) is 11.5. The number of halogens is 3. The van der Waals surface area contributed by atoms with Gasteiger partial charge >= 0.3 is 6.29 Å². The predicted molar refractivity (Wildman–Crippen MR) is 160 cm³/mol. The fourth-order valence-corrected chi connectivity index (χ4v) is 6.27. The van der Waals surface area contributed by atoms with Crippen LogP contribution < -0.4 is 9.47 Å². The summed E-state index contributed by atoms with van der Waals surface area (Å²) in [5.41, 5.74) is 1.50. The number of aliphatic hydroxyl groups is 2. The van der Waals surface area contributed by atoms with Crippen molar-refractivity contribution in [2.75, 3.05) is 6.26 Å². The van der Waals surface area contributed by atoms with Gasteiger partial charge in [-0.25, -0.2) is 17.8 Å². The Hall–Kier alpha value is -4.66. The minimum absolute atomic E-state index is 0.151. The van der Waals surface area contributed by atoms with Crippen molar-refractivity contribution in [3.63, 3.8) is 0 Å². The number of aromatic nitrogens is 3. The second kappa shape index (κ2) is 10.7. The highest BCUT2D eigenvalue weighted by atomic mass is 32.2. The van der Waals surface area contributed by atoms with Crippen molar-refractivity contribution in [3.05, 3.63) is 77.6 Å². The molecule has 0 amide bonds. The molecule has 0 bridgehead atoms. The summed E-state index contributed by atoms with van der Waals surface area (Å²) in [5, 5.41) is 24.8. The molecule has 0 saturated heterocycles. The topological polar surface area (TPSA) is 137 Å². The molecule has 2 N–H and O–H groups in total. The van der Waals surface area contributed by atoms with E-state index >= 15 is 4.39 Å². The SMILES string of the molecule is Cc1nc(-c2ccc3c(c2)OC(F)(F)O3)c(-c2cc(-c3cc(F)c(CO)c(S(C)(=O)=O)c3)ccc2-c2cc(C(C)(C)O)nn2C)o1. The van der Waals surface area contributed by atoms with Crippen LogP contribution in [-0.4, -0.2) is 45.9 Å². The van der Waals surface area contributed by atoms with E-state index in [1.54, 1.807) is 56.8 Å². The Morgan fingerprint density at radius 2 is 1.65 bits per heavy atom. The molecule has 0 unspecified atom stereocenters. The highest BCUT2D eigenvalue weighted by Gasteiger charge is 2.43. The lowest BCUT2D eigenvalue weighted by Gasteiger charge is -2.14. The van der Waals surface area contributed by atoms with Gasteiger partial charge < -0.3 is 24.1 Å². The van der Waals surface area contributed by atoms with E-state index in [1.807, 2.05) is 0 Å². The second-order valence-corrected chi connectivity index (χ2v) is 13.4. The van der Waals surface area contributed by atoms with E-state index in [0.717, 1.165) is 12.3 Å². The number of alkyl halides is 2. The van der Waals surface area contributed by atoms with E-state index in [-0.39, 0.29) is 44.9 Å². The lowest BCUT2D eigenvalue weighted by atomic mass is 9.93. The van der Waals surface area contributed by atoms with Crippen molar-refractivity contribution >= 4 is 9.84 Å².